The van der Waals surface area contributed by atoms with E-state index in [0.29, 0.717) is 5.92 Å². The molecule has 7 heteroatoms. The molecular weight excluding hydrogens is 323 g/mol. The normalized spacial score (nSPS) is 22.2. The molecule has 0 spiro atoms. The van der Waals surface area contributed by atoms with E-state index in [1.54, 1.807) is 12.1 Å². The lowest BCUT2D eigenvalue weighted by Crippen LogP contribution is -2.25. The topological polar surface area (TPSA) is 41.1 Å². The summed E-state index contributed by atoms with van der Waals surface area (Å²) < 4.78 is 17.9. The molecule has 1 fully saturated rings. The highest BCUT2D eigenvalue weighted by Crippen LogP contribution is 2.37. The van der Waals surface area contributed by atoms with Crippen molar-refractivity contribution in [3.8, 4) is 0 Å². The molecule has 2 atom stereocenters. The van der Waals surface area contributed by atoms with Crippen molar-refractivity contribution in [3.05, 3.63) is 40.4 Å². The van der Waals surface area contributed by atoms with Crippen LogP contribution in [-0.4, -0.2) is 34.4 Å². The fraction of sp³-hybridized carbons (Fsp3) is 0.467. The van der Waals surface area contributed by atoms with Gasteiger partial charge < -0.3 is 5.32 Å². The lowest BCUT2D eigenvalue weighted by molar-refractivity contribution is 0.281. The Morgan fingerprint density at radius 1 is 1.50 bits per heavy atom. The molecule has 1 aliphatic rings. The molecule has 1 N–H and O–H groups in total. The standard InChI is InChI=1S/C15H18ClFN4S/c1-9-19-15(22-20-9)18-8-11-5-6-21(2)14(11)10-3-4-12(16)13(17)7-10/h3-4,7,11,14H,5-6,8H2,1-2H3,(H,18,19,20). The van der Waals surface area contributed by atoms with Crippen LogP contribution >= 0.6 is 23.1 Å². The molecule has 2 aromatic rings. The molecule has 0 saturated carbocycles. The molecule has 4 nitrogen and oxygen atoms in total. The third-order valence-electron chi connectivity index (χ3n) is 4.10. The maximum Gasteiger partial charge on any atom is 0.202 e. The first-order chi connectivity index (χ1) is 10.5. The van der Waals surface area contributed by atoms with Gasteiger partial charge in [0.05, 0.1) is 5.02 Å². The quantitative estimate of drug-likeness (QED) is 0.920. The van der Waals surface area contributed by atoms with Gasteiger partial charge >= 0.3 is 0 Å². The number of likely N-dealkylation sites (tertiary alicyclic amines) is 1. The zero-order chi connectivity index (χ0) is 15.7. The van der Waals surface area contributed by atoms with Gasteiger partial charge in [-0.05, 0) is 50.6 Å². The largest absolute Gasteiger partial charge is 0.360 e. The molecule has 1 aromatic heterocycles. The minimum atomic E-state index is -0.356. The summed E-state index contributed by atoms with van der Waals surface area (Å²) in [6, 6.07) is 5.29. The molecule has 3 rings (SSSR count). The summed E-state index contributed by atoms with van der Waals surface area (Å²) >= 11 is 7.16. The van der Waals surface area contributed by atoms with Crippen molar-refractivity contribution in [1.29, 1.82) is 0 Å². The summed E-state index contributed by atoms with van der Waals surface area (Å²) in [4.78, 5) is 6.58. The van der Waals surface area contributed by atoms with Gasteiger partial charge in [-0.1, -0.05) is 17.7 Å². The van der Waals surface area contributed by atoms with Gasteiger partial charge in [0.1, 0.15) is 11.6 Å². The maximum absolute atomic E-state index is 13.8. The average molecular weight is 341 g/mol. The number of aromatic nitrogens is 2. The lowest BCUT2D eigenvalue weighted by Gasteiger charge is -2.26. The Labute approximate surface area is 138 Å². The van der Waals surface area contributed by atoms with Gasteiger partial charge in [0.25, 0.3) is 0 Å². The van der Waals surface area contributed by atoms with E-state index in [1.165, 1.54) is 11.5 Å². The van der Waals surface area contributed by atoms with Gasteiger partial charge in [0, 0.05) is 24.1 Å². The maximum atomic E-state index is 13.8. The lowest BCUT2D eigenvalue weighted by atomic mass is 9.93. The number of rotatable bonds is 4. The Morgan fingerprint density at radius 2 is 2.32 bits per heavy atom. The molecule has 1 aromatic carbocycles. The van der Waals surface area contributed by atoms with E-state index in [0.717, 1.165) is 36.0 Å². The van der Waals surface area contributed by atoms with Gasteiger partial charge in [-0.3, -0.25) is 4.90 Å². The fourth-order valence-electron chi connectivity index (χ4n) is 3.05. The van der Waals surface area contributed by atoms with E-state index >= 15 is 0 Å². The van der Waals surface area contributed by atoms with Crippen LogP contribution in [0.5, 0.6) is 0 Å². The summed E-state index contributed by atoms with van der Waals surface area (Å²) in [5, 5.41) is 4.36. The molecule has 0 bridgehead atoms. The molecule has 1 saturated heterocycles. The van der Waals surface area contributed by atoms with Crippen molar-refractivity contribution >= 4 is 28.3 Å². The SMILES string of the molecule is Cc1nsc(NCC2CCN(C)C2c2ccc(Cl)c(F)c2)n1. The number of benzene rings is 1. The van der Waals surface area contributed by atoms with Crippen LogP contribution in [0.4, 0.5) is 9.52 Å². The minimum Gasteiger partial charge on any atom is -0.360 e. The van der Waals surface area contributed by atoms with E-state index in [4.69, 9.17) is 11.6 Å². The predicted molar refractivity (Wildman–Crippen MR) is 88.0 cm³/mol. The van der Waals surface area contributed by atoms with Gasteiger partial charge in [-0.25, -0.2) is 9.37 Å². The van der Waals surface area contributed by atoms with Crippen molar-refractivity contribution in [2.24, 2.45) is 5.92 Å². The third kappa shape index (κ3) is 3.24. The highest BCUT2D eigenvalue weighted by atomic mass is 35.5. The monoisotopic (exact) mass is 340 g/mol. The van der Waals surface area contributed by atoms with Crippen molar-refractivity contribution < 1.29 is 4.39 Å². The zero-order valence-electron chi connectivity index (χ0n) is 12.5. The van der Waals surface area contributed by atoms with Crippen LogP contribution in [0.3, 0.4) is 0 Å². The number of nitrogens with one attached hydrogen (secondary N) is 1. The van der Waals surface area contributed by atoms with Crippen LogP contribution in [0.1, 0.15) is 23.9 Å². The molecule has 22 heavy (non-hydrogen) atoms. The first kappa shape index (κ1) is 15.6. The predicted octanol–water partition coefficient (Wildman–Crippen LogP) is 3.74. The Hall–Kier alpha value is -1.24. The highest BCUT2D eigenvalue weighted by molar-refractivity contribution is 7.09. The van der Waals surface area contributed by atoms with Crippen LogP contribution in [-0.2, 0) is 0 Å². The highest BCUT2D eigenvalue weighted by Gasteiger charge is 2.33. The summed E-state index contributed by atoms with van der Waals surface area (Å²) in [5.74, 6) is 0.827. The first-order valence-electron chi connectivity index (χ1n) is 7.24. The van der Waals surface area contributed by atoms with Gasteiger partial charge in [-0.2, -0.15) is 4.37 Å². The Kier molecular flexibility index (Phi) is 4.61. The number of halogens is 2. The summed E-state index contributed by atoms with van der Waals surface area (Å²) in [7, 11) is 2.08. The molecule has 0 radical (unpaired) electrons. The van der Waals surface area contributed by atoms with Gasteiger partial charge in [0.2, 0.25) is 5.13 Å². The van der Waals surface area contributed by atoms with Crippen LogP contribution < -0.4 is 5.32 Å². The number of anilines is 1. The van der Waals surface area contributed by atoms with E-state index in [1.807, 2.05) is 13.0 Å². The van der Waals surface area contributed by atoms with Crippen molar-refractivity contribution in [3.63, 3.8) is 0 Å². The first-order valence-corrected chi connectivity index (χ1v) is 8.39. The van der Waals surface area contributed by atoms with E-state index < -0.39 is 0 Å². The molecule has 0 amide bonds. The fourth-order valence-corrected chi connectivity index (χ4v) is 3.75. The number of hydrogen-bond acceptors (Lipinski definition) is 5. The molecule has 1 aliphatic heterocycles. The second-order valence-corrected chi connectivity index (χ2v) is 6.83. The molecule has 2 unspecified atom stereocenters. The zero-order valence-corrected chi connectivity index (χ0v) is 14.1. The van der Waals surface area contributed by atoms with E-state index in [2.05, 4.69) is 26.6 Å². The summed E-state index contributed by atoms with van der Waals surface area (Å²) in [6.45, 7) is 3.68. The number of nitrogens with zero attached hydrogens (tertiary/aromatic N) is 3. The van der Waals surface area contributed by atoms with E-state index in [-0.39, 0.29) is 16.9 Å². The van der Waals surface area contributed by atoms with Gasteiger partial charge in [0.15, 0.2) is 0 Å². The van der Waals surface area contributed by atoms with Gasteiger partial charge in [-0.15, -0.1) is 0 Å². The molecule has 118 valence electrons. The van der Waals surface area contributed by atoms with Crippen LogP contribution in [0.25, 0.3) is 0 Å². The average Bonchev–Trinajstić information content (AvgIpc) is 3.06. The Morgan fingerprint density at radius 3 is 3.00 bits per heavy atom. The smallest absolute Gasteiger partial charge is 0.202 e. The minimum absolute atomic E-state index is 0.170. The van der Waals surface area contributed by atoms with Crippen LogP contribution in [0.2, 0.25) is 5.02 Å². The van der Waals surface area contributed by atoms with E-state index in [9.17, 15) is 4.39 Å². The molecule has 2 heterocycles. The van der Waals surface area contributed by atoms with Crippen LogP contribution in [0, 0.1) is 18.7 Å². The summed E-state index contributed by atoms with van der Waals surface area (Å²) in [5.41, 5.74) is 0.974. The molecule has 0 aliphatic carbocycles. The van der Waals surface area contributed by atoms with Crippen molar-refractivity contribution in [1.82, 2.24) is 14.3 Å². The number of hydrogen-bond donors (Lipinski definition) is 1. The van der Waals surface area contributed by atoms with Crippen molar-refractivity contribution in [2.75, 3.05) is 25.5 Å². The summed E-state index contributed by atoms with van der Waals surface area (Å²) in [6.07, 6.45) is 1.07. The van der Waals surface area contributed by atoms with Crippen molar-refractivity contribution in [2.45, 2.75) is 19.4 Å². The second kappa shape index (κ2) is 6.48. The molecular formula is C15H18ClFN4S. The Balaban J connectivity index is 1.74. The Bertz CT molecular complexity index is 663. The number of aryl methyl sites for hydroxylation is 1. The van der Waals surface area contributed by atoms with Crippen LogP contribution in [0.15, 0.2) is 18.2 Å². The second-order valence-electron chi connectivity index (χ2n) is 5.68. The third-order valence-corrected chi connectivity index (χ3v) is 5.17.